The number of rotatable bonds is 7. The van der Waals surface area contributed by atoms with Crippen LogP contribution in [0.5, 0.6) is 0 Å². The predicted octanol–water partition coefficient (Wildman–Crippen LogP) is 6.31. The first-order valence-electron chi connectivity index (χ1n) is 13.5. The number of benzene rings is 2. The van der Waals surface area contributed by atoms with Crippen molar-refractivity contribution >= 4 is 21.7 Å². The lowest BCUT2D eigenvalue weighted by Crippen LogP contribution is -2.50. The van der Waals surface area contributed by atoms with Crippen LogP contribution in [0.15, 0.2) is 65.1 Å². The second-order valence-corrected chi connectivity index (χ2v) is 12.9. The van der Waals surface area contributed by atoms with Gasteiger partial charge in [0.1, 0.15) is 10.6 Å². The van der Waals surface area contributed by atoms with Crippen LogP contribution in [0.1, 0.15) is 43.7 Å². The molecule has 2 aromatic carbocycles. The van der Waals surface area contributed by atoms with Crippen molar-refractivity contribution in [3.63, 3.8) is 0 Å². The van der Waals surface area contributed by atoms with Crippen molar-refractivity contribution in [1.82, 2.24) is 4.90 Å². The van der Waals surface area contributed by atoms with E-state index >= 15 is 0 Å². The number of alkyl halides is 7. The van der Waals surface area contributed by atoms with Gasteiger partial charge in [0.05, 0.1) is 17.4 Å². The van der Waals surface area contributed by atoms with Crippen molar-refractivity contribution in [2.75, 3.05) is 19.7 Å². The molecule has 0 saturated carbocycles. The lowest BCUT2D eigenvalue weighted by Gasteiger charge is -2.32. The summed E-state index contributed by atoms with van der Waals surface area (Å²) in [5, 5.41) is 0. The number of sulfone groups is 1. The largest absolute Gasteiger partial charge is 0.466 e. The molecular weight excluding hydrogens is 626 g/mol. The number of carbonyl (C=O) groups is 2. The molecule has 15 heteroatoms. The van der Waals surface area contributed by atoms with Gasteiger partial charge in [-0.2, -0.15) is 26.3 Å². The summed E-state index contributed by atoms with van der Waals surface area (Å²) < 4.78 is 139. The molecule has 1 aliphatic carbocycles. The Bertz CT molecular complexity index is 1520. The normalized spacial score (nSPS) is 21.6. The Morgan fingerprint density at radius 2 is 1.55 bits per heavy atom. The fourth-order valence-electron chi connectivity index (χ4n) is 5.60. The number of likely N-dealkylation sites (tertiary alicyclic amines) is 1. The van der Waals surface area contributed by atoms with Gasteiger partial charge in [-0.25, -0.2) is 17.2 Å². The van der Waals surface area contributed by atoms with E-state index in [1.54, 1.807) is 13.0 Å². The number of carbonyl (C=O) groups excluding carboxylic acids is 2. The number of ether oxygens (including phenoxy) is 1. The molecule has 6 nitrogen and oxygen atoms in total. The van der Waals surface area contributed by atoms with Crippen LogP contribution < -0.4 is 0 Å². The number of hydrogen-bond donors (Lipinski definition) is 0. The van der Waals surface area contributed by atoms with Crippen molar-refractivity contribution < 1.29 is 57.9 Å². The topological polar surface area (TPSA) is 80.8 Å². The summed E-state index contributed by atoms with van der Waals surface area (Å²) >= 11 is 0. The zero-order valence-corrected chi connectivity index (χ0v) is 24.0. The van der Waals surface area contributed by atoms with Gasteiger partial charge in [-0.1, -0.05) is 30.3 Å². The van der Waals surface area contributed by atoms with Crippen molar-refractivity contribution in [1.29, 1.82) is 0 Å². The highest BCUT2D eigenvalue weighted by molar-refractivity contribution is 7.92. The molecule has 2 aromatic rings. The molecule has 2 aliphatic rings. The molecule has 0 aromatic heterocycles. The Morgan fingerprint density at radius 3 is 2.05 bits per heavy atom. The molecule has 2 atom stereocenters. The van der Waals surface area contributed by atoms with E-state index in [1.165, 1.54) is 4.90 Å². The van der Waals surface area contributed by atoms with E-state index < -0.39 is 73.2 Å². The predicted molar refractivity (Wildman–Crippen MR) is 140 cm³/mol. The van der Waals surface area contributed by atoms with Crippen molar-refractivity contribution in [3.05, 3.63) is 77.1 Å². The fraction of sp³-hybridized carbons (Fsp3) is 0.448. The van der Waals surface area contributed by atoms with Crippen LogP contribution in [-0.2, 0) is 34.6 Å². The Balaban J connectivity index is 1.73. The van der Waals surface area contributed by atoms with Gasteiger partial charge >= 0.3 is 24.0 Å². The summed E-state index contributed by atoms with van der Waals surface area (Å²) in [7, 11) is -4.58. The van der Waals surface area contributed by atoms with Gasteiger partial charge in [-0.15, -0.1) is 0 Å². The third-order valence-electron chi connectivity index (χ3n) is 8.05. The summed E-state index contributed by atoms with van der Waals surface area (Å²) in [6, 6.07) is 5.40. The first kappa shape index (κ1) is 33.4. The summed E-state index contributed by atoms with van der Waals surface area (Å²) in [6.07, 6.45) is -10.8. The molecule has 1 amide bonds. The lowest BCUT2D eigenvalue weighted by atomic mass is 9.89. The van der Waals surface area contributed by atoms with E-state index in [4.69, 9.17) is 4.74 Å². The summed E-state index contributed by atoms with van der Waals surface area (Å²) in [6.45, 7) is 1.11. The summed E-state index contributed by atoms with van der Waals surface area (Å²) in [4.78, 5) is 26.3. The van der Waals surface area contributed by atoms with E-state index in [9.17, 15) is 53.1 Å². The Kier molecular flexibility index (Phi) is 8.95. The zero-order valence-electron chi connectivity index (χ0n) is 23.1. The monoisotopic (exact) mass is 653 g/mol. The Morgan fingerprint density at radius 1 is 0.955 bits per heavy atom. The number of hydrogen-bond acceptors (Lipinski definition) is 5. The number of allylic oxidation sites excluding steroid dienone is 1. The van der Waals surface area contributed by atoms with E-state index in [1.807, 2.05) is 0 Å². The fourth-order valence-corrected chi connectivity index (χ4v) is 7.68. The smallest absolute Gasteiger partial charge is 0.435 e. The first-order chi connectivity index (χ1) is 20.4. The number of esters is 1. The van der Waals surface area contributed by atoms with Gasteiger partial charge in [0, 0.05) is 24.2 Å². The van der Waals surface area contributed by atoms with Crippen LogP contribution >= 0.6 is 0 Å². The molecule has 4 rings (SSSR count). The minimum absolute atomic E-state index is 0.169. The quantitative estimate of drug-likeness (QED) is 0.199. The maximum atomic E-state index is 14.7. The van der Waals surface area contributed by atoms with Gasteiger partial charge in [-0.05, 0) is 62.4 Å². The highest BCUT2D eigenvalue weighted by Crippen LogP contribution is 2.54. The molecule has 2 unspecified atom stereocenters. The van der Waals surface area contributed by atoms with Crippen LogP contribution in [-0.4, -0.2) is 57.2 Å². The lowest BCUT2D eigenvalue weighted by molar-refractivity contribution is -0.348. The second kappa shape index (κ2) is 11.8. The number of amides is 1. The molecule has 0 spiro atoms. The van der Waals surface area contributed by atoms with Crippen molar-refractivity contribution in [2.24, 2.45) is 5.92 Å². The second-order valence-electron chi connectivity index (χ2n) is 10.6. The molecule has 0 N–H and O–H groups in total. The van der Waals surface area contributed by atoms with Gasteiger partial charge in [0.15, 0.2) is 9.84 Å². The van der Waals surface area contributed by atoms with Gasteiger partial charge in [0.2, 0.25) is 5.91 Å². The van der Waals surface area contributed by atoms with Crippen LogP contribution in [0, 0.1) is 11.7 Å². The van der Waals surface area contributed by atoms with Crippen molar-refractivity contribution in [2.45, 2.75) is 60.3 Å². The molecule has 44 heavy (non-hydrogen) atoms. The van der Waals surface area contributed by atoms with E-state index in [2.05, 4.69) is 0 Å². The van der Waals surface area contributed by atoms with Gasteiger partial charge in [-0.3, -0.25) is 9.59 Å². The SMILES string of the molecule is CCOC(=O)C1CC=C(C(=O)N2CCC(c3ccc(C(F)(C(F)(F)F)C(F)(F)F)cc3)(S(=O)(=O)c3ccc(F)cc3)C2)CC1. The minimum atomic E-state index is -6.37. The van der Waals surface area contributed by atoms with Crippen LogP contribution in [0.3, 0.4) is 0 Å². The maximum Gasteiger partial charge on any atom is 0.435 e. The third-order valence-corrected chi connectivity index (χ3v) is 10.5. The highest BCUT2D eigenvalue weighted by Gasteiger charge is 2.73. The standard InChI is InChI=1S/C29H27F8NO5S/c1-2-43-25(40)19-5-3-18(4-6-19)24(39)38-16-15-26(17-38,44(41,42)23-13-11-22(30)12-14-23)20-7-9-21(10-8-20)27(31,28(32,33)34)29(35,36)37/h3,7-14,19H,2,4-6,15-17H2,1H3. The number of halogens is 8. The Hall–Kier alpha value is -3.49. The van der Waals surface area contributed by atoms with Crippen LogP contribution in [0.25, 0.3) is 0 Å². The third kappa shape index (κ3) is 5.70. The van der Waals surface area contributed by atoms with E-state index in [-0.39, 0.29) is 50.1 Å². The Labute approximate surface area is 247 Å². The van der Waals surface area contributed by atoms with Gasteiger partial charge < -0.3 is 9.64 Å². The average Bonchev–Trinajstić information content (AvgIpc) is 3.43. The maximum absolute atomic E-state index is 14.7. The molecule has 1 saturated heterocycles. The number of nitrogens with zero attached hydrogens (tertiary/aromatic N) is 1. The van der Waals surface area contributed by atoms with Crippen LogP contribution in [0.4, 0.5) is 35.1 Å². The van der Waals surface area contributed by atoms with Crippen molar-refractivity contribution in [3.8, 4) is 0 Å². The molecule has 1 heterocycles. The molecule has 240 valence electrons. The molecule has 0 bridgehead atoms. The van der Waals surface area contributed by atoms with Gasteiger partial charge in [0.25, 0.3) is 0 Å². The zero-order chi connectivity index (χ0) is 32.7. The van der Waals surface area contributed by atoms with E-state index in [0.717, 1.165) is 24.3 Å². The summed E-state index contributed by atoms with van der Waals surface area (Å²) in [5.41, 5.74) is -7.51. The molecule has 1 aliphatic heterocycles. The highest BCUT2D eigenvalue weighted by atomic mass is 32.2. The average molecular weight is 654 g/mol. The minimum Gasteiger partial charge on any atom is -0.466 e. The van der Waals surface area contributed by atoms with Crippen LogP contribution in [0.2, 0.25) is 0 Å². The van der Waals surface area contributed by atoms with E-state index in [0.29, 0.717) is 24.1 Å². The molecule has 1 fully saturated rings. The first-order valence-corrected chi connectivity index (χ1v) is 15.0. The summed E-state index contributed by atoms with van der Waals surface area (Å²) in [5.74, 6) is -2.21. The molecular formula is C29H27F8NO5S. The molecule has 0 radical (unpaired) electrons.